The van der Waals surface area contributed by atoms with Crippen molar-refractivity contribution in [3.8, 4) is 5.75 Å². The van der Waals surface area contributed by atoms with Crippen LogP contribution in [0.25, 0.3) is 0 Å². The molecule has 1 saturated heterocycles. The average molecular weight is 287 g/mol. The lowest BCUT2D eigenvalue weighted by Gasteiger charge is -2.30. The van der Waals surface area contributed by atoms with Crippen LogP contribution in [0.5, 0.6) is 5.75 Å². The molecule has 2 unspecified atom stereocenters. The van der Waals surface area contributed by atoms with Crippen molar-refractivity contribution in [2.45, 2.75) is 51.0 Å². The minimum Gasteiger partial charge on any atom is -0.489 e. The van der Waals surface area contributed by atoms with Crippen LogP contribution in [0, 0.1) is 0 Å². The van der Waals surface area contributed by atoms with E-state index in [2.05, 4.69) is 30.1 Å². The predicted octanol–water partition coefficient (Wildman–Crippen LogP) is 3.17. The van der Waals surface area contributed by atoms with Crippen LogP contribution in [0.15, 0.2) is 18.2 Å². The summed E-state index contributed by atoms with van der Waals surface area (Å²) < 4.78 is 6.16. The first-order valence-corrected chi connectivity index (χ1v) is 8.09. The number of hydrogen-bond acceptors (Lipinski definition) is 3. The van der Waals surface area contributed by atoms with Gasteiger partial charge in [0.2, 0.25) is 0 Å². The number of likely N-dealkylation sites (N-methyl/N-ethyl adjacent to an activating group) is 1. The van der Waals surface area contributed by atoms with E-state index in [1.54, 1.807) is 6.92 Å². The lowest BCUT2D eigenvalue weighted by atomic mass is 9.96. The number of fused-ring (bicyclic) bond motifs is 1. The summed E-state index contributed by atoms with van der Waals surface area (Å²) in [6.45, 7) is 3.88. The highest BCUT2D eigenvalue weighted by Gasteiger charge is 2.25. The molecule has 0 saturated carbocycles. The maximum absolute atomic E-state index is 11.3. The summed E-state index contributed by atoms with van der Waals surface area (Å²) in [5.74, 6) is 1.71. The number of hydrogen-bond donors (Lipinski definition) is 0. The van der Waals surface area contributed by atoms with Gasteiger partial charge < -0.3 is 14.4 Å². The molecule has 1 heterocycles. The Hall–Kier alpha value is -1.35. The maximum Gasteiger partial charge on any atom is 0.130 e. The molecular weight excluding hydrogens is 262 g/mol. The van der Waals surface area contributed by atoms with Crippen LogP contribution in [0.3, 0.4) is 0 Å². The van der Waals surface area contributed by atoms with Crippen LogP contribution < -0.4 is 4.74 Å². The van der Waals surface area contributed by atoms with Gasteiger partial charge in [-0.1, -0.05) is 6.07 Å². The van der Waals surface area contributed by atoms with Gasteiger partial charge in [-0.2, -0.15) is 0 Å². The van der Waals surface area contributed by atoms with Gasteiger partial charge in [-0.25, -0.2) is 0 Å². The minimum absolute atomic E-state index is 0.290. The monoisotopic (exact) mass is 287 g/mol. The number of benzene rings is 1. The predicted molar refractivity (Wildman–Crippen MR) is 83.9 cm³/mol. The Morgan fingerprint density at radius 2 is 2.24 bits per heavy atom. The van der Waals surface area contributed by atoms with E-state index in [9.17, 15) is 4.79 Å². The Balaban J connectivity index is 1.68. The number of nitrogens with zero attached hydrogens (tertiary/aromatic N) is 1. The fourth-order valence-electron chi connectivity index (χ4n) is 3.72. The molecule has 0 spiro atoms. The highest BCUT2D eigenvalue weighted by atomic mass is 16.5. The van der Waals surface area contributed by atoms with Crippen LogP contribution in [-0.2, 0) is 11.2 Å². The van der Waals surface area contributed by atoms with Gasteiger partial charge in [0.05, 0.1) is 0 Å². The smallest absolute Gasteiger partial charge is 0.130 e. The molecule has 3 nitrogen and oxygen atoms in total. The van der Waals surface area contributed by atoms with Gasteiger partial charge in [-0.15, -0.1) is 0 Å². The van der Waals surface area contributed by atoms with Gasteiger partial charge in [-0.05, 0) is 75.4 Å². The fraction of sp³-hybridized carbons (Fsp3) is 0.611. The summed E-state index contributed by atoms with van der Waals surface area (Å²) in [4.78, 5) is 13.7. The standard InChI is InChI=1S/C18H25NO2/c1-13(20)10-14-5-6-15-11-16(7-8-18(14)15)21-17-4-3-9-19(2)12-17/h7-8,11,14,17H,3-6,9-10,12H2,1-2H3. The Morgan fingerprint density at radius 1 is 1.38 bits per heavy atom. The average Bonchev–Trinajstić information content (AvgIpc) is 2.81. The molecule has 1 aliphatic carbocycles. The Labute approximate surface area is 127 Å². The molecule has 114 valence electrons. The Morgan fingerprint density at radius 3 is 3.00 bits per heavy atom. The number of piperidine rings is 1. The molecule has 1 aliphatic heterocycles. The molecule has 2 atom stereocenters. The number of ether oxygens (including phenoxy) is 1. The third-order valence-corrected chi connectivity index (χ3v) is 4.73. The third kappa shape index (κ3) is 3.46. The van der Waals surface area contributed by atoms with Crippen LogP contribution in [0.4, 0.5) is 0 Å². The van der Waals surface area contributed by atoms with Gasteiger partial charge >= 0.3 is 0 Å². The number of aryl methyl sites for hydroxylation is 1. The summed E-state index contributed by atoms with van der Waals surface area (Å²) in [6, 6.07) is 6.47. The van der Waals surface area contributed by atoms with E-state index >= 15 is 0 Å². The molecule has 3 heteroatoms. The number of likely N-dealkylation sites (tertiary alicyclic amines) is 1. The van der Waals surface area contributed by atoms with E-state index in [4.69, 9.17) is 4.74 Å². The van der Waals surface area contributed by atoms with Crippen LogP contribution in [0.1, 0.15) is 49.7 Å². The largest absolute Gasteiger partial charge is 0.489 e. The molecular formula is C18H25NO2. The SMILES string of the molecule is CC(=O)CC1CCc2cc(OC3CCCN(C)C3)ccc21. The van der Waals surface area contributed by atoms with Gasteiger partial charge in [0.1, 0.15) is 17.6 Å². The van der Waals surface area contributed by atoms with E-state index in [0.717, 1.165) is 31.6 Å². The van der Waals surface area contributed by atoms with Crippen LogP contribution in [-0.4, -0.2) is 36.9 Å². The molecule has 0 amide bonds. The number of carbonyl (C=O) groups excluding carboxylic acids is 1. The van der Waals surface area contributed by atoms with Crippen LogP contribution >= 0.6 is 0 Å². The van der Waals surface area contributed by atoms with E-state index in [0.29, 0.717) is 24.2 Å². The first-order chi connectivity index (χ1) is 10.1. The molecule has 0 radical (unpaired) electrons. The van der Waals surface area contributed by atoms with Crippen molar-refractivity contribution in [3.05, 3.63) is 29.3 Å². The van der Waals surface area contributed by atoms with Crippen molar-refractivity contribution in [3.63, 3.8) is 0 Å². The van der Waals surface area contributed by atoms with E-state index < -0.39 is 0 Å². The third-order valence-electron chi connectivity index (χ3n) is 4.73. The van der Waals surface area contributed by atoms with Crippen molar-refractivity contribution in [2.75, 3.05) is 20.1 Å². The zero-order valence-electron chi connectivity index (χ0n) is 13.1. The summed E-state index contributed by atoms with van der Waals surface area (Å²) in [7, 11) is 2.16. The first kappa shape index (κ1) is 14.6. The highest BCUT2D eigenvalue weighted by Crippen LogP contribution is 2.37. The van der Waals surface area contributed by atoms with Crippen molar-refractivity contribution >= 4 is 5.78 Å². The molecule has 1 aromatic rings. The summed E-state index contributed by atoms with van der Waals surface area (Å²) in [6.07, 6.45) is 5.54. The van der Waals surface area contributed by atoms with E-state index in [-0.39, 0.29) is 0 Å². The summed E-state index contributed by atoms with van der Waals surface area (Å²) in [5, 5.41) is 0. The molecule has 1 aromatic carbocycles. The quantitative estimate of drug-likeness (QED) is 0.852. The second kappa shape index (κ2) is 6.18. The van der Waals surface area contributed by atoms with Gasteiger partial charge in [0.25, 0.3) is 0 Å². The molecule has 3 rings (SSSR count). The maximum atomic E-state index is 11.3. The number of carbonyl (C=O) groups is 1. The second-order valence-electron chi connectivity index (χ2n) is 6.65. The number of rotatable bonds is 4. The number of ketones is 1. The Bertz CT molecular complexity index is 526. The molecule has 0 aromatic heterocycles. The van der Waals surface area contributed by atoms with Crippen molar-refractivity contribution in [2.24, 2.45) is 0 Å². The van der Waals surface area contributed by atoms with Gasteiger partial charge in [-0.3, -0.25) is 0 Å². The van der Waals surface area contributed by atoms with E-state index in [1.807, 2.05) is 0 Å². The second-order valence-corrected chi connectivity index (χ2v) is 6.65. The van der Waals surface area contributed by atoms with Crippen molar-refractivity contribution < 1.29 is 9.53 Å². The summed E-state index contributed by atoms with van der Waals surface area (Å²) >= 11 is 0. The van der Waals surface area contributed by atoms with Crippen LogP contribution in [0.2, 0.25) is 0 Å². The van der Waals surface area contributed by atoms with Crippen molar-refractivity contribution in [1.29, 1.82) is 0 Å². The lowest BCUT2D eigenvalue weighted by molar-refractivity contribution is -0.117. The van der Waals surface area contributed by atoms with Crippen molar-refractivity contribution in [1.82, 2.24) is 4.90 Å². The normalized spacial score (nSPS) is 25.6. The first-order valence-electron chi connectivity index (χ1n) is 8.09. The Kier molecular flexibility index (Phi) is 4.29. The topological polar surface area (TPSA) is 29.5 Å². The highest BCUT2D eigenvalue weighted by molar-refractivity contribution is 5.76. The fourth-order valence-corrected chi connectivity index (χ4v) is 3.72. The molecule has 2 aliphatic rings. The zero-order valence-corrected chi connectivity index (χ0v) is 13.1. The van der Waals surface area contributed by atoms with Gasteiger partial charge in [0, 0.05) is 13.0 Å². The summed E-state index contributed by atoms with van der Waals surface area (Å²) in [5.41, 5.74) is 2.74. The number of Topliss-reactive ketones (excluding diaryl/α,β-unsaturated/α-hetero) is 1. The molecule has 0 bridgehead atoms. The molecule has 0 N–H and O–H groups in total. The minimum atomic E-state index is 0.290. The van der Waals surface area contributed by atoms with Gasteiger partial charge in [0.15, 0.2) is 0 Å². The molecule has 1 fully saturated rings. The lowest BCUT2D eigenvalue weighted by Crippen LogP contribution is -2.38. The zero-order chi connectivity index (χ0) is 14.8. The van der Waals surface area contributed by atoms with E-state index in [1.165, 1.54) is 24.1 Å². The molecule has 21 heavy (non-hydrogen) atoms.